The van der Waals surface area contributed by atoms with Gasteiger partial charge in [0.15, 0.2) is 0 Å². The molecule has 1 saturated heterocycles. The molecule has 1 aliphatic rings. The highest BCUT2D eigenvalue weighted by molar-refractivity contribution is 5.76. The van der Waals surface area contributed by atoms with Gasteiger partial charge in [0.25, 0.3) is 5.56 Å². The molecule has 0 spiro atoms. The fourth-order valence-corrected chi connectivity index (χ4v) is 2.21. The van der Waals surface area contributed by atoms with E-state index >= 15 is 0 Å². The van der Waals surface area contributed by atoms with Gasteiger partial charge >= 0.3 is 0 Å². The van der Waals surface area contributed by atoms with Crippen molar-refractivity contribution in [2.75, 3.05) is 13.2 Å². The molecule has 0 atom stereocenters. The van der Waals surface area contributed by atoms with Gasteiger partial charge < -0.3 is 14.6 Å². The van der Waals surface area contributed by atoms with Crippen LogP contribution in [0.15, 0.2) is 16.9 Å². The van der Waals surface area contributed by atoms with E-state index in [4.69, 9.17) is 10.00 Å². The van der Waals surface area contributed by atoms with Crippen LogP contribution in [0.25, 0.3) is 0 Å². The normalized spacial score (nSPS) is 15.6. The number of hydrogen-bond acceptors (Lipinski definition) is 4. The Bertz CT molecular complexity index is 595. The Hall–Kier alpha value is -2.13. The van der Waals surface area contributed by atoms with Gasteiger partial charge in [-0.1, -0.05) is 0 Å². The molecule has 6 heteroatoms. The van der Waals surface area contributed by atoms with Crippen molar-refractivity contribution in [1.82, 2.24) is 9.88 Å². The van der Waals surface area contributed by atoms with Gasteiger partial charge in [-0.15, -0.1) is 0 Å². The summed E-state index contributed by atoms with van der Waals surface area (Å²) in [6.45, 7) is 2.98. The Kier molecular flexibility index (Phi) is 4.53. The van der Waals surface area contributed by atoms with Crippen LogP contribution in [0.2, 0.25) is 0 Å². The van der Waals surface area contributed by atoms with E-state index < -0.39 is 5.56 Å². The third-order valence-electron chi connectivity index (χ3n) is 3.40. The number of carbonyl (C=O) groups is 1. The van der Waals surface area contributed by atoms with Crippen molar-refractivity contribution in [2.45, 2.75) is 32.4 Å². The van der Waals surface area contributed by atoms with Gasteiger partial charge in [-0.3, -0.25) is 9.59 Å². The van der Waals surface area contributed by atoms with E-state index in [0.29, 0.717) is 18.9 Å². The molecule has 1 aliphatic heterocycles. The smallest absolute Gasteiger partial charge is 0.269 e. The first-order chi connectivity index (χ1) is 9.61. The number of rotatable bonds is 3. The van der Waals surface area contributed by atoms with Gasteiger partial charge in [0.2, 0.25) is 5.91 Å². The summed E-state index contributed by atoms with van der Waals surface area (Å²) in [6.07, 6.45) is 1.58. The average Bonchev–Trinajstić information content (AvgIpc) is 2.45. The molecule has 0 aromatic carbocycles. The van der Waals surface area contributed by atoms with Crippen LogP contribution < -0.4 is 10.9 Å². The molecule has 0 aliphatic carbocycles. The molecule has 0 radical (unpaired) electrons. The van der Waals surface area contributed by atoms with Crippen molar-refractivity contribution in [2.24, 2.45) is 0 Å². The van der Waals surface area contributed by atoms with Gasteiger partial charge in [-0.2, -0.15) is 5.26 Å². The minimum absolute atomic E-state index is 0.0504. The molecule has 2 rings (SSSR count). The number of pyridine rings is 1. The number of aryl methyl sites for hydroxylation is 1. The van der Waals surface area contributed by atoms with Crippen molar-refractivity contribution in [3.8, 4) is 6.07 Å². The van der Waals surface area contributed by atoms with Crippen LogP contribution in [0.3, 0.4) is 0 Å². The Morgan fingerprint density at radius 2 is 2.20 bits per heavy atom. The van der Waals surface area contributed by atoms with Crippen LogP contribution in [-0.4, -0.2) is 29.7 Å². The zero-order chi connectivity index (χ0) is 14.5. The SMILES string of the molecule is Cc1ccc(C#N)c(=O)n1CC(=O)NC1CCOCC1. The summed E-state index contributed by atoms with van der Waals surface area (Å²) in [6, 6.07) is 5.08. The monoisotopic (exact) mass is 275 g/mol. The minimum Gasteiger partial charge on any atom is -0.381 e. The van der Waals surface area contributed by atoms with Crippen LogP contribution in [0.1, 0.15) is 24.1 Å². The predicted octanol–water partition coefficient (Wildman–Crippen LogP) is 0.324. The Morgan fingerprint density at radius 1 is 1.50 bits per heavy atom. The third-order valence-corrected chi connectivity index (χ3v) is 3.40. The van der Waals surface area contributed by atoms with E-state index in [2.05, 4.69) is 5.32 Å². The Balaban J connectivity index is 2.08. The van der Waals surface area contributed by atoms with Gasteiger partial charge in [0.05, 0.1) is 0 Å². The number of hydrogen-bond donors (Lipinski definition) is 1. The number of nitrogens with zero attached hydrogens (tertiary/aromatic N) is 2. The number of amides is 1. The van der Waals surface area contributed by atoms with Gasteiger partial charge in [0, 0.05) is 24.9 Å². The predicted molar refractivity (Wildman–Crippen MR) is 72.1 cm³/mol. The Morgan fingerprint density at radius 3 is 2.85 bits per heavy atom. The molecule has 0 unspecified atom stereocenters. The van der Waals surface area contributed by atoms with Crippen molar-refractivity contribution < 1.29 is 9.53 Å². The highest BCUT2D eigenvalue weighted by Gasteiger charge is 2.17. The molecular formula is C14H17N3O3. The highest BCUT2D eigenvalue weighted by atomic mass is 16.5. The Labute approximate surface area is 117 Å². The second-order valence-corrected chi connectivity index (χ2v) is 4.85. The molecule has 6 nitrogen and oxygen atoms in total. The zero-order valence-electron chi connectivity index (χ0n) is 11.4. The summed E-state index contributed by atoms with van der Waals surface area (Å²) in [5, 5.41) is 11.7. The maximum absolute atomic E-state index is 12.0. The van der Waals surface area contributed by atoms with Crippen LogP contribution in [0, 0.1) is 18.3 Å². The zero-order valence-corrected chi connectivity index (χ0v) is 11.4. The van der Waals surface area contributed by atoms with Crippen molar-refractivity contribution in [3.63, 3.8) is 0 Å². The van der Waals surface area contributed by atoms with Gasteiger partial charge in [-0.05, 0) is 31.9 Å². The number of aromatic nitrogens is 1. The van der Waals surface area contributed by atoms with E-state index in [-0.39, 0.29) is 24.1 Å². The first-order valence-electron chi connectivity index (χ1n) is 6.59. The quantitative estimate of drug-likeness (QED) is 0.861. The molecule has 0 bridgehead atoms. The highest BCUT2D eigenvalue weighted by Crippen LogP contribution is 2.06. The van der Waals surface area contributed by atoms with Crippen LogP contribution in [0.4, 0.5) is 0 Å². The van der Waals surface area contributed by atoms with E-state index in [0.717, 1.165) is 12.8 Å². The van der Waals surface area contributed by atoms with Crippen molar-refractivity contribution in [1.29, 1.82) is 5.26 Å². The summed E-state index contributed by atoms with van der Waals surface area (Å²) in [5.41, 5.74) is 0.292. The minimum atomic E-state index is -0.422. The maximum atomic E-state index is 12.0. The van der Waals surface area contributed by atoms with Crippen LogP contribution in [0.5, 0.6) is 0 Å². The van der Waals surface area contributed by atoms with Gasteiger partial charge in [0.1, 0.15) is 18.2 Å². The fraction of sp³-hybridized carbons (Fsp3) is 0.500. The second-order valence-electron chi connectivity index (χ2n) is 4.85. The van der Waals surface area contributed by atoms with Crippen LogP contribution in [-0.2, 0) is 16.1 Å². The molecule has 20 heavy (non-hydrogen) atoms. The summed E-state index contributed by atoms with van der Waals surface area (Å²) >= 11 is 0. The summed E-state index contributed by atoms with van der Waals surface area (Å²) in [4.78, 5) is 24.0. The molecular weight excluding hydrogens is 258 g/mol. The first-order valence-corrected chi connectivity index (χ1v) is 6.59. The lowest BCUT2D eigenvalue weighted by Gasteiger charge is -2.23. The molecule has 0 saturated carbocycles. The topological polar surface area (TPSA) is 84.1 Å². The average molecular weight is 275 g/mol. The standard InChI is InChI=1S/C14H17N3O3/c1-10-2-3-11(8-15)14(19)17(10)9-13(18)16-12-4-6-20-7-5-12/h2-3,12H,4-7,9H2,1H3,(H,16,18). The van der Waals surface area contributed by atoms with E-state index in [1.165, 1.54) is 10.6 Å². The van der Waals surface area contributed by atoms with Crippen LogP contribution >= 0.6 is 0 Å². The van der Waals surface area contributed by atoms with E-state index in [1.807, 2.05) is 6.07 Å². The summed E-state index contributed by atoms with van der Waals surface area (Å²) in [5.74, 6) is -0.211. The molecule has 1 aromatic rings. The van der Waals surface area contributed by atoms with Gasteiger partial charge in [-0.25, -0.2) is 0 Å². The molecule has 1 N–H and O–H groups in total. The lowest BCUT2D eigenvalue weighted by Crippen LogP contribution is -2.42. The lowest BCUT2D eigenvalue weighted by molar-refractivity contribution is -0.123. The number of nitrogens with one attached hydrogen (secondary N) is 1. The van der Waals surface area contributed by atoms with E-state index in [1.54, 1.807) is 13.0 Å². The fourth-order valence-electron chi connectivity index (χ4n) is 2.21. The molecule has 106 valence electrons. The molecule has 1 fully saturated rings. The first kappa shape index (κ1) is 14.3. The third kappa shape index (κ3) is 3.25. The molecule has 1 amide bonds. The second kappa shape index (κ2) is 6.35. The number of nitriles is 1. The van der Waals surface area contributed by atoms with E-state index in [9.17, 15) is 9.59 Å². The largest absolute Gasteiger partial charge is 0.381 e. The number of ether oxygens (including phenoxy) is 1. The molecule has 1 aromatic heterocycles. The van der Waals surface area contributed by atoms with Crippen molar-refractivity contribution >= 4 is 5.91 Å². The summed E-state index contributed by atoms with van der Waals surface area (Å²) < 4.78 is 6.55. The number of carbonyl (C=O) groups excluding carboxylic acids is 1. The van der Waals surface area contributed by atoms with Crippen molar-refractivity contribution in [3.05, 3.63) is 33.7 Å². The lowest BCUT2D eigenvalue weighted by atomic mass is 10.1. The molecule has 2 heterocycles. The maximum Gasteiger partial charge on any atom is 0.269 e. The summed E-state index contributed by atoms with van der Waals surface area (Å²) in [7, 11) is 0.